The molecule has 1 aromatic rings. The molecule has 5 atom stereocenters. The molecule has 3 heteroatoms. The van der Waals surface area contributed by atoms with E-state index in [0.29, 0.717) is 25.0 Å². The standard InChI is InChI=1S/C19H22O3/c1-19(22,12-13-5-3-2-4-6-13)10-9-15-16-11-18(21)14(16)7-8-17(15)20/h2-6,14-17,20,22H,7-8,11-12H2,1H3/t14-,15+,16-,17+,19-/m1/s1. The predicted octanol–water partition coefficient (Wildman–Crippen LogP) is 1.96. The molecular formula is C19H22O3. The number of hydrogen-bond donors (Lipinski definition) is 2. The van der Waals surface area contributed by atoms with Gasteiger partial charge in [-0.3, -0.25) is 4.79 Å². The van der Waals surface area contributed by atoms with Crippen molar-refractivity contribution in [2.45, 2.75) is 44.3 Å². The number of benzene rings is 1. The fourth-order valence-electron chi connectivity index (χ4n) is 3.65. The highest BCUT2D eigenvalue weighted by atomic mass is 16.3. The van der Waals surface area contributed by atoms with Gasteiger partial charge in [0, 0.05) is 18.8 Å². The molecule has 1 aromatic carbocycles. The van der Waals surface area contributed by atoms with Crippen molar-refractivity contribution in [2.24, 2.45) is 17.8 Å². The minimum atomic E-state index is -1.12. The van der Waals surface area contributed by atoms with Crippen molar-refractivity contribution in [3.8, 4) is 11.8 Å². The zero-order chi connectivity index (χ0) is 15.7. The second-order valence-electron chi connectivity index (χ2n) is 6.82. The Labute approximate surface area is 131 Å². The third kappa shape index (κ3) is 3.09. The Hall–Kier alpha value is -1.63. The number of ketones is 1. The molecule has 0 aromatic heterocycles. The van der Waals surface area contributed by atoms with Crippen LogP contribution in [0.1, 0.15) is 31.7 Å². The van der Waals surface area contributed by atoms with E-state index >= 15 is 0 Å². The number of rotatable bonds is 2. The fourth-order valence-corrected chi connectivity index (χ4v) is 3.65. The maximum atomic E-state index is 11.6. The number of aliphatic hydroxyl groups excluding tert-OH is 1. The number of Topliss-reactive ketones (excluding diaryl/α,β-unsaturated/α-hetero) is 1. The highest BCUT2D eigenvalue weighted by Gasteiger charge is 2.48. The third-order valence-electron chi connectivity index (χ3n) is 4.92. The van der Waals surface area contributed by atoms with E-state index in [0.717, 1.165) is 12.0 Å². The average Bonchev–Trinajstić information content (AvgIpc) is 2.46. The van der Waals surface area contributed by atoms with Crippen LogP contribution in [0.5, 0.6) is 0 Å². The summed E-state index contributed by atoms with van der Waals surface area (Å²) in [5.41, 5.74) is -0.0930. The third-order valence-corrected chi connectivity index (χ3v) is 4.92. The summed E-state index contributed by atoms with van der Waals surface area (Å²) in [6, 6.07) is 9.75. The van der Waals surface area contributed by atoms with Gasteiger partial charge in [-0.1, -0.05) is 42.2 Å². The van der Waals surface area contributed by atoms with Gasteiger partial charge >= 0.3 is 0 Å². The van der Waals surface area contributed by atoms with E-state index in [-0.39, 0.29) is 17.8 Å². The van der Waals surface area contributed by atoms with E-state index in [1.807, 2.05) is 30.3 Å². The summed E-state index contributed by atoms with van der Waals surface area (Å²) in [5, 5.41) is 20.7. The molecule has 0 bridgehead atoms. The smallest absolute Gasteiger partial charge is 0.136 e. The van der Waals surface area contributed by atoms with Gasteiger partial charge in [0.05, 0.1) is 12.0 Å². The molecule has 2 fully saturated rings. The number of carbonyl (C=O) groups is 1. The molecule has 2 aliphatic rings. The van der Waals surface area contributed by atoms with Crippen molar-refractivity contribution in [3.63, 3.8) is 0 Å². The molecule has 0 aliphatic heterocycles. The number of carbonyl (C=O) groups excluding carboxylic acids is 1. The largest absolute Gasteiger partial charge is 0.392 e. The van der Waals surface area contributed by atoms with Gasteiger partial charge in [0.1, 0.15) is 11.4 Å². The second kappa shape index (κ2) is 5.87. The Morgan fingerprint density at radius 2 is 2.00 bits per heavy atom. The molecular weight excluding hydrogens is 276 g/mol. The summed E-state index contributed by atoms with van der Waals surface area (Å²) in [4.78, 5) is 11.6. The second-order valence-corrected chi connectivity index (χ2v) is 6.82. The number of aliphatic hydroxyl groups is 2. The first kappa shape index (κ1) is 15.3. The highest BCUT2D eigenvalue weighted by Crippen LogP contribution is 2.45. The van der Waals surface area contributed by atoms with Gasteiger partial charge < -0.3 is 10.2 Å². The van der Waals surface area contributed by atoms with Crippen LogP contribution in [0, 0.1) is 29.6 Å². The van der Waals surface area contributed by atoms with Gasteiger partial charge in [0.25, 0.3) is 0 Å². The Bertz CT molecular complexity index is 609. The average molecular weight is 298 g/mol. The van der Waals surface area contributed by atoms with Gasteiger partial charge in [-0.05, 0) is 31.2 Å². The summed E-state index contributed by atoms with van der Waals surface area (Å²) in [6.45, 7) is 1.70. The predicted molar refractivity (Wildman–Crippen MR) is 83.9 cm³/mol. The fraction of sp³-hybridized carbons (Fsp3) is 0.526. The molecule has 22 heavy (non-hydrogen) atoms. The van der Waals surface area contributed by atoms with E-state index in [4.69, 9.17) is 0 Å². The van der Waals surface area contributed by atoms with Crippen LogP contribution in [0.25, 0.3) is 0 Å². The molecule has 2 saturated carbocycles. The van der Waals surface area contributed by atoms with Crippen LogP contribution in [0.2, 0.25) is 0 Å². The monoisotopic (exact) mass is 298 g/mol. The highest BCUT2D eigenvalue weighted by molar-refractivity contribution is 5.87. The summed E-state index contributed by atoms with van der Waals surface area (Å²) >= 11 is 0. The molecule has 0 spiro atoms. The maximum absolute atomic E-state index is 11.6. The van der Waals surface area contributed by atoms with Crippen molar-refractivity contribution in [3.05, 3.63) is 35.9 Å². The molecule has 0 unspecified atom stereocenters. The lowest BCUT2D eigenvalue weighted by molar-refractivity contribution is -0.141. The summed E-state index contributed by atoms with van der Waals surface area (Å²) in [7, 11) is 0. The molecule has 0 saturated heterocycles. The van der Waals surface area contributed by atoms with Crippen LogP contribution < -0.4 is 0 Å². The van der Waals surface area contributed by atoms with Crippen molar-refractivity contribution < 1.29 is 15.0 Å². The molecule has 116 valence electrons. The Morgan fingerprint density at radius 1 is 1.27 bits per heavy atom. The summed E-state index contributed by atoms with van der Waals surface area (Å²) in [6.07, 6.45) is 1.92. The normalized spacial score (nSPS) is 33.0. The summed E-state index contributed by atoms with van der Waals surface area (Å²) in [5.74, 6) is 6.41. The lowest BCUT2D eigenvalue weighted by Crippen LogP contribution is -2.49. The van der Waals surface area contributed by atoms with Gasteiger partial charge in [0.2, 0.25) is 0 Å². The van der Waals surface area contributed by atoms with E-state index in [9.17, 15) is 15.0 Å². The van der Waals surface area contributed by atoms with Crippen LogP contribution >= 0.6 is 0 Å². The molecule has 2 aliphatic carbocycles. The molecule has 0 heterocycles. The van der Waals surface area contributed by atoms with E-state index in [1.54, 1.807) is 6.92 Å². The van der Waals surface area contributed by atoms with Gasteiger partial charge in [0.15, 0.2) is 0 Å². The zero-order valence-corrected chi connectivity index (χ0v) is 12.8. The van der Waals surface area contributed by atoms with Crippen molar-refractivity contribution in [2.75, 3.05) is 0 Å². The lowest BCUT2D eigenvalue weighted by Gasteiger charge is -2.44. The first-order valence-corrected chi connectivity index (χ1v) is 7.96. The quantitative estimate of drug-likeness (QED) is 0.821. The van der Waals surface area contributed by atoms with Crippen LogP contribution in [0.15, 0.2) is 30.3 Å². The van der Waals surface area contributed by atoms with Gasteiger partial charge in [-0.2, -0.15) is 0 Å². The first-order chi connectivity index (χ1) is 10.5. The first-order valence-electron chi connectivity index (χ1n) is 7.96. The van der Waals surface area contributed by atoms with Crippen molar-refractivity contribution in [1.29, 1.82) is 0 Å². The van der Waals surface area contributed by atoms with Crippen LogP contribution in [-0.2, 0) is 11.2 Å². The van der Waals surface area contributed by atoms with E-state index in [2.05, 4.69) is 11.8 Å². The molecule has 2 N–H and O–H groups in total. The van der Waals surface area contributed by atoms with Gasteiger partial charge in [-0.25, -0.2) is 0 Å². The van der Waals surface area contributed by atoms with E-state index in [1.165, 1.54) is 0 Å². The molecule has 3 nitrogen and oxygen atoms in total. The Morgan fingerprint density at radius 3 is 2.68 bits per heavy atom. The van der Waals surface area contributed by atoms with Crippen LogP contribution in [-0.4, -0.2) is 27.7 Å². The lowest BCUT2D eigenvalue weighted by atomic mass is 9.59. The number of hydrogen-bond acceptors (Lipinski definition) is 3. The SMILES string of the molecule is C[C@@](O)(C#C[C@H]1[C@@H]2CC(=O)[C@@H]2CC[C@@H]1O)Cc1ccccc1. The van der Waals surface area contributed by atoms with Crippen molar-refractivity contribution >= 4 is 5.78 Å². The number of fused-ring (bicyclic) bond motifs is 1. The zero-order valence-electron chi connectivity index (χ0n) is 12.8. The topological polar surface area (TPSA) is 57.5 Å². The minimum absolute atomic E-state index is 0.0850. The van der Waals surface area contributed by atoms with E-state index < -0.39 is 11.7 Å². The molecule has 0 amide bonds. The Balaban J connectivity index is 1.71. The van der Waals surface area contributed by atoms with Crippen molar-refractivity contribution in [1.82, 2.24) is 0 Å². The summed E-state index contributed by atoms with van der Waals surface area (Å²) < 4.78 is 0. The molecule has 0 radical (unpaired) electrons. The minimum Gasteiger partial charge on any atom is -0.392 e. The van der Waals surface area contributed by atoms with Crippen LogP contribution in [0.4, 0.5) is 0 Å². The van der Waals surface area contributed by atoms with Crippen LogP contribution in [0.3, 0.4) is 0 Å². The Kier molecular flexibility index (Phi) is 4.08. The van der Waals surface area contributed by atoms with Gasteiger partial charge in [-0.15, -0.1) is 0 Å². The molecule has 3 rings (SSSR count). The maximum Gasteiger partial charge on any atom is 0.136 e.